The molecule has 0 aromatic carbocycles. The first-order valence-corrected chi connectivity index (χ1v) is 3.81. The van der Waals surface area contributed by atoms with Crippen molar-refractivity contribution in [2.45, 2.75) is 19.3 Å². The predicted octanol–water partition coefficient (Wildman–Crippen LogP) is 0.775. The lowest BCUT2D eigenvalue weighted by atomic mass is 10.1. The van der Waals surface area contributed by atoms with Crippen LogP contribution in [-0.4, -0.2) is 19.4 Å². The molecule has 0 saturated heterocycles. The Bertz CT molecular complexity index is 165. The molecule has 1 saturated carbocycles. The Morgan fingerprint density at radius 3 is 2.73 bits per heavy atom. The molecule has 0 bridgehead atoms. The summed E-state index contributed by atoms with van der Waals surface area (Å²) in [6, 6.07) is 0. The van der Waals surface area contributed by atoms with E-state index >= 15 is 0 Å². The molecule has 0 aliphatic heterocycles. The number of ether oxygens (including phenoxy) is 1. The summed E-state index contributed by atoms with van der Waals surface area (Å²) in [7, 11) is 1.39. The van der Waals surface area contributed by atoms with Gasteiger partial charge in [0.2, 0.25) is 0 Å². The maximum absolute atomic E-state index is 10.9. The van der Waals surface area contributed by atoms with E-state index < -0.39 is 0 Å². The van der Waals surface area contributed by atoms with Crippen LogP contribution in [0, 0.1) is 11.8 Å². The van der Waals surface area contributed by atoms with Gasteiger partial charge in [0.05, 0.1) is 13.0 Å². The van der Waals surface area contributed by atoms with Gasteiger partial charge < -0.3 is 9.53 Å². The second kappa shape index (κ2) is 3.51. The molecule has 11 heavy (non-hydrogen) atoms. The summed E-state index contributed by atoms with van der Waals surface area (Å²) < 4.78 is 4.57. The SMILES string of the molecule is COC(=O)[C@H]1CC[C@H](C=O)C1. The molecule has 0 radical (unpaired) electrons. The molecule has 3 nitrogen and oxygen atoms in total. The number of hydrogen-bond acceptors (Lipinski definition) is 3. The van der Waals surface area contributed by atoms with E-state index in [1.165, 1.54) is 7.11 Å². The second-order valence-electron chi connectivity index (χ2n) is 2.93. The van der Waals surface area contributed by atoms with Gasteiger partial charge in [-0.1, -0.05) is 0 Å². The van der Waals surface area contributed by atoms with Gasteiger partial charge in [-0.15, -0.1) is 0 Å². The lowest BCUT2D eigenvalue weighted by Gasteiger charge is -2.04. The Labute approximate surface area is 65.7 Å². The average molecular weight is 156 g/mol. The van der Waals surface area contributed by atoms with Crippen LogP contribution in [0.1, 0.15) is 19.3 Å². The van der Waals surface area contributed by atoms with Crippen molar-refractivity contribution in [3.8, 4) is 0 Å². The zero-order valence-electron chi connectivity index (χ0n) is 6.58. The van der Waals surface area contributed by atoms with Crippen molar-refractivity contribution in [2.24, 2.45) is 11.8 Å². The van der Waals surface area contributed by atoms with Crippen molar-refractivity contribution in [1.29, 1.82) is 0 Å². The van der Waals surface area contributed by atoms with Gasteiger partial charge in [0.25, 0.3) is 0 Å². The number of aldehydes is 1. The largest absolute Gasteiger partial charge is 0.469 e. The van der Waals surface area contributed by atoms with Crippen molar-refractivity contribution in [2.75, 3.05) is 7.11 Å². The van der Waals surface area contributed by atoms with Crippen LogP contribution in [0.2, 0.25) is 0 Å². The number of carbonyl (C=O) groups excluding carboxylic acids is 2. The van der Waals surface area contributed by atoms with Crippen molar-refractivity contribution in [1.82, 2.24) is 0 Å². The molecule has 1 rings (SSSR count). The first kappa shape index (κ1) is 8.24. The molecular weight excluding hydrogens is 144 g/mol. The molecule has 3 heteroatoms. The minimum atomic E-state index is -0.172. The minimum Gasteiger partial charge on any atom is -0.469 e. The lowest BCUT2D eigenvalue weighted by molar-refractivity contribution is -0.145. The summed E-state index contributed by atoms with van der Waals surface area (Å²) >= 11 is 0. The fraction of sp³-hybridized carbons (Fsp3) is 0.750. The van der Waals surface area contributed by atoms with Crippen molar-refractivity contribution < 1.29 is 14.3 Å². The summed E-state index contributed by atoms with van der Waals surface area (Å²) in [5, 5.41) is 0. The van der Waals surface area contributed by atoms with E-state index in [0.717, 1.165) is 19.1 Å². The first-order valence-electron chi connectivity index (χ1n) is 3.81. The molecule has 0 aromatic rings. The number of rotatable bonds is 2. The van der Waals surface area contributed by atoms with E-state index in [9.17, 15) is 9.59 Å². The third-order valence-electron chi connectivity index (χ3n) is 2.20. The summed E-state index contributed by atoms with van der Waals surface area (Å²) in [6.45, 7) is 0. The zero-order valence-corrected chi connectivity index (χ0v) is 6.58. The smallest absolute Gasteiger partial charge is 0.308 e. The number of hydrogen-bond donors (Lipinski definition) is 0. The molecule has 0 N–H and O–H groups in total. The van der Waals surface area contributed by atoms with Gasteiger partial charge in [-0.05, 0) is 19.3 Å². The zero-order chi connectivity index (χ0) is 8.27. The summed E-state index contributed by atoms with van der Waals surface area (Å²) in [5.41, 5.74) is 0. The van der Waals surface area contributed by atoms with Gasteiger partial charge in [0.15, 0.2) is 0 Å². The summed E-state index contributed by atoms with van der Waals surface area (Å²) in [4.78, 5) is 21.2. The Balaban J connectivity index is 2.41. The molecule has 62 valence electrons. The van der Waals surface area contributed by atoms with Crippen molar-refractivity contribution in [3.63, 3.8) is 0 Å². The fourth-order valence-corrected chi connectivity index (χ4v) is 1.52. The second-order valence-corrected chi connectivity index (χ2v) is 2.93. The maximum Gasteiger partial charge on any atom is 0.308 e. The predicted molar refractivity (Wildman–Crippen MR) is 38.9 cm³/mol. The van der Waals surface area contributed by atoms with Crippen LogP contribution in [0.4, 0.5) is 0 Å². The van der Waals surface area contributed by atoms with Gasteiger partial charge >= 0.3 is 5.97 Å². The van der Waals surface area contributed by atoms with Crippen LogP contribution in [-0.2, 0) is 14.3 Å². The molecule has 0 aromatic heterocycles. The fourth-order valence-electron chi connectivity index (χ4n) is 1.52. The number of methoxy groups -OCH3 is 1. The Hall–Kier alpha value is -0.860. The standard InChI is InChI=1S/C8H12O3/c1-11-8(10)7-3-2-6(4-7)5-9/h5-7H,2-4H2,1H3/t6-,7-/m0/s1. The van der Waals surface area contributed by atoms with Gasteiger partial charge in [-0.2, -0.15) is 0 Å². The van der Waals surface area contributed by atoms with Crippen LogP contribution in [0.15, 0.2) is 0 Å². The summed E-state index contributed by atoms with van der Waals surface area (Å²) in [6.07, 6.45) is 3.25. The minimum absolute atomic E-state index is 0.0322. The third-order valence-corrected chi connectivity index (χ3v) is 2.20. The molecule has 1 fully saturated rings. The number of esters is 1. The third kappa shape index (κ3) is 1.79. The monoisotopic (exact) mass is 156 g/mol. The van der Waals surface area contributed by atoms with Crippen molar-refractivity contribution >= 4 is 12.3 Å². The van der Waals surface area contributed by atoms with Gasteiger partial charge in [0.1, 0.15) is 6.29 Å². The van der Waals surface area contributed by atoms with E-state index in [0.29, 0.717) is 6.42 Å². The van der Waals surface area contributed by atoms with Crippen LogP contribution in [0.3, 0.4) is 0 Å². The van der Waals surface area contributed by atoms with Crippen molar-refractivity contribution in [3.05, 3.63) is 0 Å². The Kier molecular flexibility index (Phi) is 2.63. The molecule has 2 atom stereocenters. The molecule has 0 unspecified atom stereocenters. The number of carbonyl (C=O) groups is 2. The van der Waals surface area contributed by atoms with E-state index in [2.05, 4.69) is 4.74 Å². The maximum atomic E-state index is 10.9. The molecule has 1 aliphatic carbocycles. The van der Waals surface area contributed by atoms with Gasteiger partial charge in [-0.25, -0.2) is 0 Å². The van der Waals surface area contributed by atoms with Gasteiger partial charge in [-0.3, -0.25) is 4.79 Å². The molecule has 0 spiro atoms. The quantitative estimate of drug-likeness (QED) is 0.438. The molecule has 1 aliphatic rings. The summed E-state index contributed by atoms with van der Waals surface area (Å²) in [5.74, 6) is -0.122. The molecular formula is C8H12O3. The average Bonchev–Trinajstić information content (AvgIpc) is 2.50. The van der Waals surface area contributed by atoms with Crippen LogP contribution in [0.25, 0.3) is 0 Å². The highest BCUT2D eigenvalue weighted by atomic mass is 16.5. The Morgan fingerprint density at radius 2 is 2.27 bits per heavy atom. The van der Waals surface area contributed by atoms with Crippen LogP contribution in [0.5, 0.6) is 0 Å². The van der Waals surface area contributed by atoms with E-state index in [-0.39, 0.29) is 17.8 Å². The highest BCUT2D eigenvalue weighted by Gasteiger charge is 2.29. The van der Waals surface area contributed by atoms with E-state index in [4.69, 9.17) is 0 Å². The molecule has 0 heterocycles. The topological polar surface area (TPSA) is 43.4 Å². The van der Waals surface area contributed by atoms with Crippen LogP contribution < -0.4 is 0 Å². The van der Waals surface area contributed by atoms with Gasteiger partial charge in [0, 0.05) is 5.92 Å². The van der Waals surface area contributed by atoms with E-state index in [1.54, 1.807) is 0 Å². The van der Waals surface area contributed by atoms with E-state index in [1.807, 2.05) is 0 Å². The highest BCUT2D eigenvalue weighted by Crippen LogP contribution is 2.29. The Morgan fingerprint density at radius 1 is 1.55 bits per heavy atom. The molecule has 0 amide bonds. The normalized spacial score (nSPS) is 29.9. The highest BCUT2D eigenvalue weighted by molar-refractivity contribution is 5.73. The lowest BCUT2D eigenvalue weighted by Crippen LogP contribution is -2.12. The van der Waals surface area contributed by atoms with Crippen LogP contribution >= 0.6 is 0 Å². The first-order chi connectivity index (χ1) is 5.27.